The molecule has 0 spiro atoms. The molecule has 0 aliphatic rings. The molecular formula is C12H11N3O4. The van der Waals surface area contributed by atoms with Crippen LogP contribution in [0.2, 0.25) is 0 Å². The van der Waals surface area contributed by atoms with Crippen molar-refractivity contribution in [1.82, 2.24) is 9.78 Å². The number of rotatable bonds is 4. The number of nitro groups is 1. The molecular weight excluding hydrogens is 250 g/mol. The Balaban J connectivity index is 2.39. The van der Waals surface area contributed by atoms with Crippen molar-refractivity contribution in [3.8, 4) is 0 Å². The Bertz CT molecular complexity index is 687. The van der Waals surface area contributed by atoms with Gasteiger partial charge in [-0.05, 0) is 13.0 Å². The number of hydrogen-bond acceptors (Lipinski definition) is 4. The van der Waals surface area contributed by atoms with Gasteiger partial charge in [-0.25, -0.2) is 4.79 Å². The maximum atomic E-state index is 10.7. The van der Waals surface area contributed by atoms with E-state index in [1.54, 1.807) is 12.3 Å². The van der Waals surface area contributed by atoms with Crippen molar-refractivity contribution in [2.75, 3.05) is 0 Å². The topological polar surface area (TPSA) is 98.3 Å². The molecule has 0 unspecified atom stereocenters. The second-order valence-electron chi connectivity index (χ2n) is 4.02. The highest BCUT2D eigenvalue weighted by Crippen LogP contribution is 2.20. The Hall–Kier alpha value is -2.70. The van der Waals surface area contributed by atoms with Crippen LogP contribution in [0.5, 0.6) is 0 Å². The number of allylic oxidation sites excluding steroid dienone is 1. The van der Waals surface area contributed by atoms with E-state index in [9.17, 15) is 14.9 Å². The molecule has 0 fully saturated rings. The predicted molar refractivity (Wildman–Crippen MR) is 67.8 cm³/mol. The lowest BCUT2D eigenvalue weighted by molar-refractivity contribution is -0.384. The normalized spacial score (nSPS) is 11.7. The molecule has 0 bridgehead atoms. The zero-order valence-corrected chi connectivity index (χ0v) is 10.1. The molecule has 2 rings (SSSR count). The number of aliphatic carboxylic acids is 1. The fourth-order valence-corrected chi connectivity index (χ4v) is 1.63. The number of non-ortho nitro benzene ring substituents is 1. The van der Waals surface area contributed by atoms with Crippen LogP contribution in [0.25, 0.3) is 10.9 Å². The van der Waals surface area contributed by atoms with Gasteiger partial charge in [0.05, 0.1) is 23.2 Å². The van der Waals surface area contributed by atoms with Crippen molar-refractivity contribution in [3.63, 3.8) is 0 Å². The number of benzene rings is 1. The van der Waals surface area contributed by atoms with E-state index in [-0.39, 0.29) is 17.8 Å². The summed E-state index contributed by atoms with van der Waals surface area (Å²) in [6.45, 7) is 1.74. The second kappa shape index (κ2) is 4.89. The monoisotopic (exact) mass is 261 g/mol. The van der Waals surface area contributed by atoms with Gasteiger partial charge in [-0.15, -0.1) is 0 Å². The van der Waals surface area contributed by atoms with Gasteiger partial charge in [0.25, 0.3) is 5.69 Å². The lowest BCUT2D eigenvalue weighted by Crippen LogP contribution is -2.02. The number of nitrogens with zero attached hydrogens (tertiary/aromatic N) is 3. The largest absolute Gasteiger partial charge is 0.478 e. The fourth-order valence-electron chi connectivity index (χ4n) is 1.63. The summed E-state index contributed by atoms with van der Waals surface area (Å²) >= 11 is 0. The summed E-state index contributed by atoms with van der Waals surface area (Å²) in [5.41, 5.74) is 0.783. The minimum atomic E-state index is -0.998. The highest BCUT2D eigenvalue weighted by Gasteiger charge is 2.09. The summed E-state index contributed by atoms with van der Waals surface area (Å²) in [6.07, 6.45) is 3.09. The van der Waals surface area contributed by atoms with Crippen LogP contribution in [0.3, 0.4) is 0 Å². The van der Waals surface area contributed by atoms with E-state index >= 15 is 0 Å². The molecule has 0 aliphatic carbocycles. The molecule has 98 valence electrons. The number of carbonyl (C=O) groups is 1. The molecule has 1 aromatic heterocycles. The van der Waals surface area contributed by atoms with Gasteiger partial charge in [-0.1, -0.05) is 6.08 Å². The Morgan fingerprint density at radius 3 is 2.95 bits per heavy atom. The molecule has 1 aromatic carbocycles. The van der Waals surface area contributed by atoms with Gasteiger partial charge in [-0.3, -0.25) is 14.8 Å². The average Bonchev–Trinajstić information content (AvgIpc) is 2.77. The molecule has 19 heavy (non-hydrogen) atoms. The zero-order valence-electron chi connectivity index (χ0n) is 10.1. The Labute approximate surface area is 107 Å². The zero-order chi connectivity index (χ0) is 14.0. The van der Waals surface area contributed by atoms with E-state index in [1.807, 2.05) is 0 Å². The molecule has 1 N–H and O–H groups in total. The van der Waals surface area contributed by atoms with Crippen LogP contribution in [0.15, 0.2) is 36.0 Å². The average molecular weight is 261 g/mol. The van der Waals surface area contributed by atoms with Crippen LogP contribution in [0.4, 0.5) is 5.69 Å². The number of nitro benzene ring substituents is 1. The number of hydrogen-bond donors (Lipinski definition) is 1. The van der Waals surface area contributed by atoms with Crippen LogP contribution in [-0.4, -0.2) is 25.8 Å². The first kappa shape index (κ1) is 12.7. The summed E-state index contributed by atoms with van der Waals surface area (Å²) in [4.78, 5) is 20.9. The van der Waals surface area contributed by atoms with Crippen LogP contribution < -0.4 is 0 Å². The van der Waals surface area contributed by atoms with Gasteiger partial charge >= 0.3 is 5.97 Å². The highest BCUT2D eigenvalue weighted by atomic mass is 16.6. The van der Waals surface area contributed by atoms with E-state index in [0.717, 1.165) is 5.39 Å². The van der Waals surface area contributed by atoms with Gasteiger partial charge in [0, 0.05) is 23.1 Å². The number of carboxylic acid groups (broad SMARTS) is 1. The maximum Gasteiger partial charge on any atom is 0.331 e. The van der Waals surface area contributed by atoms with Gasteiger partial charge in [0.2, 0.25) is 0 Å². The van der Waals surface area contributed by atoms with Crippen molar-refractivity contribution in [3.05, 3.63) is 46.2 Å². The fraction of sp³-hybridized carbons (Fsp3) is 0.167. The number of fused-ring (bicyclic) bond motifs is 1. The van der Waals surface area contributed by atoms with Gasteiger partial charge < -0.3 is 5.11 Å². The third-order valence-corrected chi connectivity index (χ3v) is 2.75. The standard InChI is InChI=1S/C12H11N3O4/c1-8(12(16)17)4-5-14-11-6-10(15(18)19)3-2-9(11)7-13-14/h2-4,6-7H,5H2,1H3,(H,16,17). The summed E-state index contributed by atoms with van der Waals surface area (Å²) in [6, 6.07) is 4.45. The smallest absolute Gasteiger partial charge is 0.331 e. The maximum absolute atomic E-state index is 10.7. The quantitative estimate of drug-likeness (QED) is 0.515. The third-order valence-electron chi connectivity index (χ3n) is 2.75. The third kappa shape index (κ3) is 2.59. The summed E-state index contributed by atoms with van der Waals surface area (Å²) < 4.78 is 1.52. The predicted octanol–water partition coefficient (Wildman–Crippen LogP) is 1.98. The van der Waals surface area contributed by atoms with Gasteiger partial charge in [-0.2, -0.15) is 5.10 Å². The summed E-state index contributed by atoms with van der Waals surface area (Å²) in [7, 11) is 0. The number of carboxylic acids is 1. The SMILES string of the molecule is CC(=CCn1ncc2ccc([N+](=O)[O-])cc21)C(=O)O. The summed E-state index contributed by atoms with van der Waals surface area (Å²) in [5, 5.41) is 24.3. The summed E-state index contributed by atoms with van der Waals surface area (Å²) in [5.74, 6) is -0.998. The van der Waals surface area contributed by atoms with Crippen molar-refractivity contribution in [1.29, 1.82) is 0 Å². The van der Waals surface area contributed by atoms with Crippen LogP contribution in [0, 0.1) is 10.1 Å². The minimum Gasteiger partial charge on any atom is -0.478 e. The lowest BCUT2D eigenvalue weighted by Gasteiger charge is -2.00. The van der Waals surface area contributed by atoms with Gasteiger partial charge in [0.1, 0.15) is 0 Å². The Morgan fingerprint density at radius 1 is 1.58 bits per heavy atom. The van der Waals surface area contributed by atoms with E-state index < -0.39 is 10.9 Å². The van der Waals surface area contributed by atoms with E-state index in [2.05, 4.69) is 5.10 Å². The number of aromatic nitrogens is 2. The molecule has 0 saturated heterocycles. The van der Waals surface area contributed by atoms with Crippen molar-refractivity contribution in [2.24, 2.45) is 0 Å². The molecule has 0 saturated carbocycles. The Kier molecular flexibility index (Phi) is 3.28. The molecule has 7 heteroatoms. The van der Waals surface area contributed by atoms with E-state index in [0.29, 0.717) is 5.52 Å². The van der Waals surface area contributed by atoms with Crippen LogP contribution >= 0.6 is 0 Å². The van der Waals surface area contributed by atoms with E-state index in [1.165, 1.54) is 29.8 Å². The molecule has 0 amide bonds. The first-order chi connectivity index (χ1) is 8.99. The molecule has 1 heterocycles. The highest BCUT2D eigenvalue weighted by molar-refractivity contribution is 5.85. The lowest BCUT2D eigenvalue weighted by atomic mass is 10.2. The van der Waals surface area contributed by atoms with Crippen molar-refractivity contribution in [2.45, 2.75) is 13.5 Å². The molecule has 0 radical (unpaired) electrons. The second-order valence-corrected chi connectivity index (χ2v) is 4.02. The van der Waals surface area contributed by atoms with Crippen molar-refractivity contribution >= 4 is 22.6 Å². The van der Waals surface area contributed by atoms with Crippen molar-refractivity contribution < 1.29 is 14.8 Å². The first-order valence-electron chi connectivity index (χ1n) is 5.49. The molecule has 7 nitrogen and oxygen atoms in total. The van der Waals surface area contributed by atoms with Crippen LogP contribution in [-0.2, 0) is 11.3 Å². The molecule has 2 aromatic rings. The molecule has 0 aliphatic heterocycles. The Morgan fingerprint density at radius 2 is 2.32 bits per heavy atom. The van der Waals surface area contributed by atoms with E-state index in [4.69, 9.17) is 5.11 Å². The minimum absolute atomic E-state index is 0.0202. The van der Waals surface area contributed by atoms with Crippen LogP contribution in [0.1, 0.15) is 6.92 Å². The first-order valence-corrected chi connectivity index (χ1v) is 5.49. The molecule has 0 atom stereocenters. The van der Waals surface area contributed by atoms with Gasteiger partial charge in [0.15, 0.2) is 0 Å².